The van der Waals surface area contributed by atoms with Gasteiger partial charge in [0.15, 0.2) is 0 Å². The third-order valence-corrected chi connectivity index (χ3v) is 3.32. The Morgan fingerprint density at radius 1 is 1.16 bits per heavy atom. The molecule has 0 aliphatic heterocycles. The average molecular weight is 347 g/mol. The van der Waals surface area contributed by atoms with Gasteiger partial charge in [0.2, 0.25) is 0 Å². The smallest absolute Gasteiger partial charge is 0.306 e. The first-order chi connectivity index (χ1) is 11.8. The normalized spacial score (nSPS) is 11.4. The van der Waals surface area contributed by atoms with Crippen LogP contribution >= 0.6 is 0 Å². The van der Waals surface area contributed by atoms with Crippen molar-refractivity contribution in [3.8, 4) is 5.69 Å². The van der Waals surface area contributed by atoms with Crippen molar-refractivity contribution in [2.24, 2.45) is 0 Å². The van der Waals surface area contributed by atoms with E-state index in [0.717, 1.165) is 12.1 Å². The predicted octanol–water partition coefficient (Wildman–Crippen LogP) is 3.24. The minimum absolute atomic E-state index is 0.246. The van der Waals surface area contributed by atoms with E-state index in [1.54, 1.807) is 13.0 Å². The van der Waals surface area contributed by atoms with E-state index >= 15 is 0 Å². The van der Waals surface area contributed by atoms with Crippen LogP contribution in [0.3, 0.4) is 0 Å². The highest BCUT2D eigenvalue weighted by Crippen LogP contribution is 2.29. The van der Waals surface area contributed by atoms with Gasteiger partial charge in [-0.1, -0.05) is 0 Å². The zero-order chi connectivity index (χ0) is 18.0. The van der Waals surface area contributed by atoms with E-state index in [0.29, 0.717) is 17.3 Å². The molecule has 9 heteroatoms. The maximum absolute atomic E-state index is 12.6. The Bertz CT molecular complexity index is 903. The van der Waals surface area contributed by atoms with Crippen LogP contribution in [-0.4, -0.2) is 25.7 Å². The lowest BCUT2D eigenvalue weighted by Crippen LogP contribution is -2.12. The van der Waals surface area contributed by atoms with Gasteiger partial charge in [0.1, 0.15) is 11.6 Å². The SMILES string of the molecule is Cc1nccc(NC(=O)c2cnn(-c3ccc(C(F)(F)F)cc3)c2)n1. The van der Waals surface area contributed by atoms with E-state index in [1.807, 2.05) is 0 Å². The number of aromatic nitrogens is 4. The number of aryl methyl sites for hydroxylation is 1. The number of alkyl halides is 3. The number of hydrogen-bond donors (Lipinski definition) is 1. The van der Waals surface area contributed by atoms with Crippen molar-refractivity contribution >= 4 is 11.7 Å². The first kappa shape index (κ1) is 16.6. The molecule has 25 heavy (non-hydrogen) atoms. The Labute approximate surface area is 140 Å². The number of carbonyl (C=O) groups is 1. The molecule has 3 aromatic rings. The third kappa shape index (κ3) is 3.82. The maximum Gasteiger partial charge on any atom is 0.416 e. The van der Waals surface area contributed by atoms with Crippen LogP contribution in [0, 0.1) is 6.92 Å². The Morgan fingerprint density at radius 2 is 1.88 bits per heavy atom. The van der Waals surface area contributed by atoms with E-state index < -0.39 is 17.6 Å². The first-order valence-corrected chi connectivity index (χ1v) is 7.16. The van der Waals surface area contributed by atoms with Crippen LogP contribution in [0.5, 0.6) is 0 Å². The molecule has 0 saturated carbocycles. The second kappa shape index (κ2) is 6.34. The average Bonchev–Trinajstić information content (AvgIpc) is 3.04. The van der Waals surface area contributed by atoms with Crippen LogP contribution in [0.2, 0.25) is 0 Å². The molecule has 1 N–H and O–H groups in total. The lowest BCUT2D eigenvalue weighted by molar-refractivity contribution is -0.137. The lowest BCUT2D eigenvalue weighted by atomic mass is 10.2. The number of nitrogens with one attached hydrogen (secondary N) is 1. The Morgan fingerprint density at radius 3 is 2.52 bits per heavy atom. The Balaban J connectivity index is 1.76. The fourth-order valence-corrected chi connectivity index (χ4v) is 2.10. The monoisotopic (exact) mass is 347 g/mol. The number of rotatable bonds is 3. The highest BCUT2D eigenvalue weighted by atomic mass is 19.4. The largest absolute Gasteiger partial charge is 0.416 e. The van der Waals surface area contributed by atoms with Gasteiger partial charge in [-0.15, -0.1) is 0 Å². The molecule has 0 unspecified atom stereocenters. The number of nitrogens with zero attached hydrogens (tertiary/aromatic N) is 4. The van der Waals surface area contributed by atoms with Crippen molar-refractivity contribution in [2.45, 2.75) is 13.1 Å². The molecule has 1 aromatic carbocycles. The van der Waals surface area contributed by atoms with Crippen LogP contribution in [0.25, 0.3) is 5.69 Å². The number of benzene rings is 1. The maximum atomic E-state index is 12.6. The topological polar surface area (TPSA) is 72.7 Å². The van der Waals surface area contributed by atoms with Crippen molar-refractivity contribution in [2.75, 3.05) is 5.32 Å². The molecule has 3 rings (SSSR count). The van der Waals surface area contributed by atoms with Gasteiger partial charge in [0, 0.05) is 12.4 Å². The molecule has 0 bridgehead atoms. The second-order valence-corrected chi connectivity index (χ2v) is 5.16. The zero-order valence-electron chi connectivity index (χ0n) is 12.9. The number of amides is 1. The third-order valence-electron chi connectivity index (χ3n) is 3.32. The molecule has 0 aliphatic carbocycles. The zero-order valence-corrected chi connectivity index (χ0v) is 12.9. The molecule has 128 valence electrons. The van der Waals surface area contributed by atoms with Gasteiger partial charge in [-0.25, -0.2) is 14.6 Å². The lowest BCUT2D eigenvalue weighted by Gasteiger charge is -2.07. The molecule has 2 heterocycles. The van der Waals surface area contributed by atoms with Gasteiger partial charge < -0.3 is 5.32 Å². The van der Waals surface area contributed by atoms with Crippen LogP contribution < -0.4 is 5.32 Å². The van der Waals surface area contributed by atoms with Crippen molar-refractivity contribution < 1.29 is 18.0 Å². The van der Waals surface area contributed by atoms with E-state index in [-0.39, 0.29) is 5.56 Å². The summed E-state index contributed by atoms with van der Waals surface area (Å²) in [5.74, 6) is 0.425. The molecule has 0 aliphatic rings. The molecule has 6 nitrogen and oxygen atoms in total. The Hall–Kier alpha value is -3.23. The van der Waals surface area contributed by atoms with E-state index in [9.17, 15) is 18.0 Å². The van der Waals surface area contributed by atoms with Gasteiger partial charge in [-0.3, -0.25) is 4.79 Å². The van der Waals surface area contributed by atoms with Crippen LogP contribution in [0.15, 0.2) is 48.9 Å². The van der Waals surface area contributed by atoms with Gasteiger partial charge in [-0.2, -0.15) is 18.3 Å². The minimum atomic E-state index is -4.40. The van der Waals surface area contributed by atoms with Crippen molar-refractivity contribution in [1.82, 2.24) is 19.7 Å². The van der Waals surface area contributed by atoms with E-state index in [2.05, 4.69) is 20.4 Å². The molecule has 0 spiro atoms. The molecule has 1 amide bonds. The van der Waals surface area contributed by atoms with Crippen LogP contribution in [0.1, 0.15) is 21.7 Å². The number of hydrogen-bond acceptors (Lipinski definition) is 4. The molecular formula is C16H12F3N5O. The predicted molar refractivity (Wildman–Crippen MR) is 83.3 cm³/mol. The van der Waals surface area contributed by atoms with E-state index in [4.69, 9.17) is 0 Å². The summed E-state index contributed by atoms with van der Waals surface area (Å²) in [5.41, 5.74) is -0.0957. The molecule has 0 fully saturated rings. The minimum Gasteiger partial charge on any atom is -0.306 e. The fourth-order valence-electron chi connectivity index (χ4n) is 2.10. The summed E-state index contributed by atoms with van der Waals surface area (Å²) in [6.07, 6.45) is -0.139. The number of halogens is 3. The summed E-state index contributed by atoms with van der Waals surface area (Å²) in [7, 11) is 0. The molecule has 0 atom stereocenters. The standard InChI is InChI=1S/C16H12F3N5O/c1-10-20-7-6-14(22-10)23-15(25)11-8-21-24(9-11)13-4-2-12(3-5-13)16(17,18)19/h2-9H,1H3,(H,20,22,23,25). The molecule has 2 aromatic heterocycles. The van der Waals surface area contributed by atoms with Gasteiger partial charge in [0.25, 0.3) is 5.91 Å². The highest BCUT2D eigenvalue weighted by molar-refractivity contribution is 6.03. The van der Waals surface area contributed by atoms with Crippen LogP contribution in [0.4, 0.5) is 19.0 Å². The van der Waals surface area contributed by atoms with Crippen LogP contribution in [-0.2, 0) is 6.18 Å². The van der Waals surface area contributed by atoms with E-state index in [1.165, 1.54) is 35.4 Å². The molecule has 0 saturated heterocycles. The van der Waals surface area contributed by atoms with Gasteiger partial charge in [0.05, 0.1) is 23.0 Å². The Kier molecular flexibility index (Phi) is 4.22. The quantitative estimate of drug-likeness (QED) is 0.789. The first-order valence-electron chi connectivity index (χ1n) is 7.16. The summed E-state index contributed by atoms with van der Waals surface area (Å²) >= 11 is 0. The highest BCUT2D eigenvalue weighted by Gasteiger charge is 2.30. The summed E-state index contributed by atoms with van der Waals surface area (Å²) < 4.78 is 39.1. The van der Waals surface area contributed by atoms with Crippen molar-refractivity contribution in [3.05, 3.63) is 65.9 Å². The second-order valence-electron chi connectivity index (χ2n) is 5.16. The van der Waals surface area contributed by atoms with Gasteiger partial charge >= 0.3 is 6.18 Å². The summed E-state index contributed by atoms with van der Waals surface area (Å²) in [6, 6.07) is 6.03. The summed E-state index contributed by atoms with van der Waals surface area (Å²) in [5, 5.41) is 6.60. The molecule has 0 radical (unpaired) electrons. The number of carbonyl (C=O) groups excluding carboxylic acids is 1. The van der Waals surface area contributed by atoms with Crippen molar-refractivity contribution in [1.29, 1.82) is 0 Å². The summed E-state index contributed by atoms with van der Waals surface area (Å²) in [6.45, 7) is 1.69. The van der Waals surface area contributed by atoms with Crippen molar-refractivity contribution in [3.63, 3.8) is 0 Å². The van der Waals surface area contributed by atoms with Gasteiger partial charge in [-0.05, 0) is 37.3 Å². The summed E-state index contributed by atoms with van der Waals surface area (Å²) in [4.78, 5) is 20.2. The fraction of sp³-hybridized carbons (Fsp3) is 0.125. The molecular weight excluding hydrogens is 335 g/mol. The number of anilines is 1.